The van der Waals surface area contributed by atoms with Gasteiger partial charge >= 0.3 is 0 Å². The highest BCUT2D eigenvalue weighted by Gasteiger charge is 2.12. The van der Waals surface area contributed by atoms with E-state index in [1.807, 2.05) is 0 Å². The van der Waals surface area contributed by atoms with Crippen LogP contribution in [0.4, 0.5) is 5.69 Å². The Morgan fingerprint density at radius 1 is 1.29 bits per heavy atom. The van der Waals surface area contributed by atoms with Crippen molar-refractivity contribution in [3.05, 3.63) is 28.7 Å². The van der Waals surface area contributed by atoms with Gasteiger partial charge in [-0.3, -0.25) is 4.79 Å². The lowest BCUT2D eigenvalue weighted by Gasteiger charge is -2.30. The topological polar surface area (TPSA) is 51.3 Å². The Balaban J connectivity index is 2.00. The predicted octanol–water partition coefficient (Wildman–Crippen LogP) is 0.136. The van der Waals surface area contributed by atoms with E-state index in [0.717, 1.165) is 26.2 Å². The maximum absolute atomic E-state index is 11.4. The van der Waals surface area contributed by atoms with Crippen molar-refractivity contribution in [2.45, 2.75) is 13.0 Å². The van der Waals surface area contributed by atoms with Gasteiger partial charge < -0.3 is 15.2 Å². The first kappa shape index (κ1) is 9.27. The molecule has 0 amide bonds. The number of aromatic nitrogens is 1. The summed E-state index contributed by atoms with van der Waals surface area (Å²) in [7, 11) is 0. The Hall–Kier alpha value is -1.29. The number of likely N-dealkylation sites (tertiary alicyclic amines) is 1. The van der Waals surface area contributed by atoms with Gasteiger partial charge in [-0.15, -0.1) is 0 Å². The van der Waals surface area contributed by atoms with Crippen molar-refractivity contribution in [2.24, 2.45) is 0 Å². The molecule has 1 aromatic heterocycles. The molecule has 1 aliphatic heterocycles. The first-order valence-electron chi connectivity index (χ1n) is 4.94. The lowest BCUT2D eigenvalue weighted by Crippen LogP contribution is -2.40. The van der Waals surface area contributed by atoms with Gasteiger partial charge in [0.15, 0.2) is 0 Å². The third-order valence-electron chi connectivity index (χ3n) is 2.61. The summed E-state index contributed by atoms with van der Waals surface area (Å²) in [5, 5.41) is 0. The van der Waals surface area contributed by atoms with E-state index in [2.05, 4.69) is 4.90 Å². The summed E-state index contributed by atoms with van der Waals surface area (Å²) < 4.78 is 1.67. The monoisotopic (exact) mass is 193 g/mol. The first-order valence-corrected chi connectivity index (χ1v) is 4.94. The van der Waals surface area contributed by atoms with E-state index in [-0.39, 0.29) is 5.56 Å². The smallest absolute Gasteiger partial charge is 0.250 e. The second kappa shape index (κ2) is 3.84. The van der Waals surface area contributed by atoms with Crippen molar-refractivity contribution in [2.75, 3.05) is 25.4 Å². The fourth-order valence-electron chi connectivity index (χ4n) is 1.58. The molecule has 4 nitrogen and oxygen atoms in total. The first-order chi connectivity index (χ1) is 6.75. The fraction of sp³-hybridized carbons (Fsp3) is 0.500. The average Bonchev–Trinajstić information content (AvgIpc) is 2.08. The van der Waals surface area contributed by atoms with Crippen LogP contribution in [0.3, 0.4) is 0 Å². The number of nitrogens with two attached hydrogens (primary N) is 1. The van der Waals surface area contributed by atoms with E-state index < -0.39 is 0 Å². The molecule has 1 aliphatic rings. The van der Waals surface area contributed by atoms with Crippen molar-refractivity contribution < 1.29 is 0 Å². The Bertz CT molecular complexity index is 368. The number of rotatable bonds is 3. The van der Waals surface area contributed by atoms with Crippen LogP contribution in [0.2, 0.25) is 0 Å². The van der Waals surface area contributed by atoms with E-state index in [1.165, 1.54) is 12.5 Å². The number of anilines is 1. The number of nitrogens with zero attached hydrogens (tertiary/aromatic N) is 2. The van der Waals surface area contributed by atoms with Gasteiger partial charge in [0.1, 0.15) is 0 Å². The molecule has 0 spiro atoms. The van der Waals surface area contributed by atoms with Crippen LogP contribution >= 0.6 is 0 Å². The minimum Gasteiger partial charge on any atom is -0.398 e. The Labute approximate surface area is 82.9 Å². The Morgan fingerprint density at radius 3 is 2.71 bits per heavy atom. The van der Waals surface area contributed by atoms with E-state index in [4.69, 9.17) is 5.73 Å². The molecule has 1 fully saturated rings. The van der Waals surface area contributed by atoms with E-state index in [0.29, 0.717) is 5.69 Å². The van der Waals surface area contributed by atoms with E-state index in [1.54, 1.807) is 16.8 Å². The molecule has 0 saturated carbocycles. The highest BCUT2D eigenvalue weighted by Crippen LogP contribution is 2.05. The molecule has 0 unspecified atom stereocenters. The van der Waals surface area contributed by atoms with Crippen LogP contribution in [-0.2, 0) is 6.54 Å². The molecule has 4 heteroatoms. The number of pyridine rings is 1. The summed E-state index contributed by atoms with van der Waals surface area (Å²) in [6.45, 7) is 4.02. The van der Waals surface area contributed by atoms with Gasteiger partial charge in [-0.25, -0.2) is 0 Å². The molecular weight excluding hydrogens is 178 g/mol. The van der Waals surface area contributed by atoms with E-state index >= 15 is 0 Å². The van der Waals surface area contributed by atoms with Gasteiger partial charge in [0.05, 0.1) is 0 Å². The molecule has 0 radical (unpaired) electrons. The SMILES string of the molecule is Nc1ccc(=O)n(CCN2CCC2)c1. The second-order valence-electron chi connectivity index (χ2n) is 3.69. The number of hydrogen-bond acceptors (Lipinski definition) is 3. The van der Waals surface area contributed by atoms with Crippen molar-refractivity contribution in [1.29, 1.82) is 0 Å². The quantitative estimate of drug-likeness (QED) is 0.742. The van der Waals surface area contributed by atoms with Crippen molar-refractivity contribution >= 4 is 5.69 Å². The van der Waals surface area contributed by atoms with Gasteiger partial charge in [0.2, 0.25) is 0 Å². The van der Waals surface area contributed by atoms with Crippen molar-refractivity contribution in [1.82, 2.24) is 9.47 Å². The second-order valence-corrected chi connectivity index (χ2v) is 3.69. The van der Waals surface area contributed by atoms with Gasteiger partial charge in [0.25, 0.3) is 5.56 Å². The molecule has 76 valence electrons. The normalized spacial score (nSPS) is 16.6. The van der Waals surface area contributed by atoms with Gasteiger partial charge in [-0.05, 0) is 25.6 Å². The molecular formula is C10H15N3O. The lowest BCUT2D eigenvalue weighted by molar-refractivity contribution is 0.174. The molecule has 0 aromatic carbocycles. The van der Waals surface area contributed by atoms with Crippen LogP contribution in [0, 0.1) is 0 Å². The molecule has 0 aliphatic carbocycles. The molecule has 14 heavy (non-hydrogen) atoms. The molecule has 0 atom stereocenters. The number of nitrogen functional groups attached to an aromatic ring is 1. The molecule has 2 N–H and O–H groups in total. The maximum Gasteiger partial charge on any atom is 0.250 e. The standard InChI is InChI=1S/C10H15N3O/c11-9-2-3-10(14)13(8-9)7-6-12-4-1-5-12/h2-3,8H,1,4-7,11H2. The summed E-state index contributed by atoms with van der Waals surface area (Å²) in [5.41, 5.74) is 6.28. The Morgan fingerprint density at radius 2 is 2.07 bits per heavy atom. The van der Waals surface area contributed by atoms with Crippen LogP contribution in [0.15, 0.2) is 23.1 Å². The van der Waals surface area contributed by atoms with Crippen LogP contribution in [0.25, 0.3) is 0 Å². The zero-order valence-corrected chi connectivity index (χ0v) is 8.15. The summed E-state index contributed by atoms with van der Waals surface area (Å²) in [5.74, 6) is 0. The number of hydrogen-bond donors (Lipinski definition) is 1. The zero-order chi connectivity index (χ0) is 9.97. The van der Waals surface area contributed by atoms with Gasteiger partial charge in [-0.1, -0.05) is 0 Å². The maximum atomic E-state index is 11.4. The fourth-order valence-corrected chi connectivity index (χ4v) is 1.58. The Kier molecular flexibility index (Phi) is 2.54. The van der Waals surface area contributed by atoms with Crippen LogP contribution < -0.4 is 11.3 Å². The van der Waals surface area contributed by atoms with Crippen molar-refractivity contribution in [3.8, 4) is 0 Å². The highest BCUT2D eigenvalue weighted by molar-refractivity contribution is 5.33. The van der Waals surface area contributed by atoms with Gasteiger partial charge in [-0.2, -0.15) is 0 Å². The average molecular weight is 193 g/mol. The minimum absolute atomic E-state index is 0.0275. The van der Waals surface area contributed by atoms with Crippen LogP contribution in [0.5, 0.6) is 0 Å². The summed E-state index contributed by atoms with van der Waals surface area (Å²) in [6.07, 6.45) is 2.99. The third-order valence-corrected chi connectivity index (χ3v) is 2.61. The lowest BCUT2D eigenvalue weighted by atomic mass is 10.2. The summed E-state index contributed by atoms with van der Waals surface area (Å²) in [4.78, 5) is 13.7. The summed E-state index contributed by atoms with van der Waals surface area (Å²) >= 11 is 0. The van der Waals surface area contributed by atoms with E-state index in [9.17, 15) is 4.79 Å². The summed E-state index contributed by atoms with van der Waals surface area (Å²) in [6, 6.07) is 3.16. The largest absolute Gasteiger partial charge is 0.398 e. The minimum atomic E-state index is 0.0275. The molecule has 1 saturated heterocycles. The predicted molar refractivity (Wildman–Crippen MR) is 56.2 cm³/mol. The zero-order valence-electron chi connectivity index (χ0n) is 8.15. The molecule has 0 bridgehead atoms. The highest BCUT2D eigenvalue weighted by atomic mass is 16.1. The molecule has 1 aromatic rings. The van der Waals surface area contributed by atoms with Crippen LogP contribution in [-0.4, -0.2) is 29.1 Å². The molecule has 2 heterocycles. The van der Waals surface area contributed by atoms with Crippen LogP contribution in [0.1, 0.15) is 6.42 Å². The molecule has 2 rings (SSSR count). The third kappa shape index (κ3) is 1.96. The van der Waals surface area contributed by atoms with Gasteiger partial charge in [0, 0.05) is 31.0 Å². The van der Waals surface area contributed by atoms with Crippen molar-refractivity contribution in [3.63, 3.8) is 0 Å².